The van der Waals surface area contributed by atoms with Crippen molar-refractivity contribution in [1.82, 2.24) is 9.88 Å². The molecule has 7 nitrogen and oxygen atoms in total. The van der Waals surface area contributed by atoms with E-state index in [2.05, 4.69) is 21.3 Å². The summed E-state index contributed by atoms with van der Waals surface area (Å²) in [7, 11) is 0.836. The molecule has 1 N–H and O–H groups in total. The number of nitrogens with zero attached hydrogens (tertiary/aromatic N) is 3. The quantitative estimate of drug-likeness (QED) is 0.786. The van der Waals surface area contributed by atoms with E-state index >= 15 is 0 Å². The van der Waals surface area contributed by atoms with Crippen LogP contribution < -0.4 is 15.0 Å². The Morgan fingerprint density at radius 3 is 2.57 bits per heavy atom. The summed E-state index contributed by atoms with van der Waals surface area (Å²) in [6.07, 6.45) is 3.68. The van der Waals surface area contributed by atoms with Gasteiger partial charge < -0.3 is 14.5 Å². The molecular formula is C18H25ClN4O3S2. The average molecular weight is 445 g/mol. The number of thiazole rings is 1. The highest BCUT2D eigenvalue weighted by molar-refractivity contribution is 7.85. The third-order valence-corrected chi connectivity index (χ3v) is 7.35. The van der Waals surface area contributed by atoms with Crippen LogP contribution in [0.3, 0.4) is 0 Å². The molecule has 0 unspecified atom stereocenters. The van der Waals surface area contributed by atoms with Crippen LogP contribution in [0.4, 0.5) is 15.6 Å². The number of methoxy groups -OCH3 is 1. The number of piperidine rings is 1. The minimum Gasteiger partial charge on any atom is -0.494 e. The Labute approximate surface area is 177 Å². The Hall–Kier alpha value is -1.58. The molecule has 1 aromatic carbocycles. The summed E-state index contributed by atoms with van der Waals surface area (Å²) >= 11 is 1.49. The van der Waals surface area contributed by atoms with Gasteiger partial charge in [0.25, 0.3) is 0 Å². The fourth-order valence-corrected chi connectivity index (χ4v) is 5.65. The van der Waals surface area contributed by atoms with Gasteiger partial charge >= 0.3 is 6.03 Å². The van der Waals surface area contributed by atoms with Crippen molar-refractivity contribution in [2.75, 3.05) is 55.0 Å². The van der Waals surface area contributed by atoms with Gasteiger partial charge in [0.15, 0.2) is 5.13 Å². The maximum atomic E-state index is 12.5. The van der Waals surface area contributed by atoms with Crippen molar-refractivity contribution in [3.8, 4) is 5.75 Å². The third-order valence-electron chi connectivity index (χ3n) is 5.08. The number of ether oxygens (including phenoxy) is 1. The molecule has 28 heavy (non-hydrogen) atoms. The van der Waals surface area contributed by atoms with Gasteiger partial charge in [-0.05, 0) is 31.4 Å². The molecule has 4 rings (SSSR count). The van der Waals surface area contributed by atoms with E-state index in [0.717, 1.165) is 34.7 Å². The molecular weight excluding hydrogens is 420 g/mol. The molecule has 2 aromatic rings. The van der Waals surface area contributed by atoms with Crippen LogP contribution in [0.15, 0.2) is 12.1 Å². The first-order valence-corrected chi connectivity index (χ1v) is 11.6. The molecule has 2 saturated heterocycles. The standard InChI is InChI=1S/C18H24N4O3S2.ClH/c1-25-14-6-5-13(21-7-3-2-4-8-21)16-15(14)19-17(26-16)20-18(23)22-9-11-27(24)12-10-22;/h5-6H,2-4,7-12H2,1H3,(H,19,20,23);1H. The lowest BCUT2D eigenvalue weighted by Gasteiger charge is -2.29. The van der Waals surface area contributed by atoms with E-state index in [1.165, 1.54) is 30.6 Å². The van der Waals surface area contributed by atoms with E-state index in [1.807, 2.05) is 6.07 Å². The number of hydrogen-bond donors (Lipinski definition) is 1. The number of anilines is 2. The molecule has 2 amide bonds. The highest BCUT2D eigenvalue weighted by atomic mass is 35.5. The zero-order chi connectivity index (χ0) is 18.8. The SMILES string of the molecule is COc1ccc(N2CCCCC2)c2sc(NC(=O)N3CCS(=O)CC3)nc12.Cl. The van der Waals surface area contributed by atoms with Crippen LogP contribution in [-0.2, 0) is 10.8 Å². The monoisotopic (exact) mass is 444 g/mol. The molecule has 1 aromatic heterocycles. The Balaban J connectivity index is 0.00000225. The second-order valence-electron chi connectivity index (χ2n) is 6.80. The molecule has 2 aliphatic heterocycles. The molecule has 0 radical (unpaired) electrons. The van der Waals surface area contributed by atoms with Crippen LogP contribution in [0.2, 0.25) is 0 Å². The average Bonchev–Trinajstić information content (AvgIpc) is 3.11. The number of amides is 2. The van der Waals surface area contributed by atoms with Gasteiger partial charge in [0.05, 0.1) is 17.5 Å². The van der Waals surface area contributed by atoms with Gasteiger partial charge in [-0.2, -0.15) is 0 Å². The maximum absolute atomic E-state index is 12.5. The van der Waals surface area contributed by atoms with E-state index in [9.17, 15) is 9.00 Å². The lowest BCUT2D eigenvalue weighted by Crippen LogP contribution is -2.43. The minimum atomic E-state index is -0.804. The zero-order valence-electron chi connectivity index (χ0n) is 15.8. The van der Waals surface area contributed by atoms with E-state index in [0.29, 0.717) is 29.7 Å². The number of benzene rings is 1. The number of fused-ring (bicyclic) bond motifs is 1. The molecule has 0 atom stereocenters. The summed E-state index contributed by atoms with van der Waals surface area (Å²) in [5.41, 5.74) is 1.96. The zero-order valence-corrected chi connectivity index (χ0v) is 18.3. The normalized spacial score (nSPS) is 18.0. The second kappa shape index (κ2) is 9.28. The molecule has 3 heterocycles. The van der Waals surface area contributed by atoms with Crippen LogP contribution in [-0.4, -0.2) is 64.9 Å². The van der Waals surface area contributed by atoms with Crippen molar-refractivity contribution >= 4 is 61.6 Å². The summed E-state index contributed by atoms with van der Waals surface area (Å²) in [5, 5.41) is 3.49. The Kier molecular flexibility index (Phi) is 7.00. The van der Waals surface area contributed by atoms with Gasteiger partial charge in [-0.25, -0.2) is 9.78 Å². The molecule has 154 valence electrons. The Morgan fingerprint density at radius 1 is 1.18 bits per heavy atom. The number of aromatic nitrogens is 1. The van der Waals surface area contributed by atoms with Gasteiger partial charge in [-0.1, -0.05) is 11.3 Å². The van der Waals surface area contributed by atoms with Crippen LogP contribution in [0, 0.1) is 0 Å². The summed E-state index contributed by atoms with van der Waals surface area (Å²) in [6.45, 7) is 3.13. The highest BCUT2D eigenvalue weighted by Gasteiger charge is 2.23. The predicted molar refractivity (Wildman–Crippen MR) is 118 cm³/mol. The predicted octanol–water partition coefficient (Wildman–Crippen LogP) is 3.31. The van der Waals surface area contributed by atoms with E-state index in [4.69, 9.17) is 4.74 Å². The number of halogens is 1. The number of carbonyl (C=O) groups is 1. The van der Waals surface area contributed by atoms with Crippen LogP contribution in [0.5, 0.6) is 5.75 Å². The van der Waals surface area contributed by atoms with Crippen molar-refractivity contribution in [3.05, 3.63) is 12.1 Å². The number of hydrogen-bond acceptors (Lipinski definition) is 6. The Bertz CT molecular complexity index is 860. The molecule has 0 aliphatic carbocycles. The minimum absolute atomic E-state index is 0. The molecule has 10 heteroatoms. The number of urea groups is 1. The fraction of sp³-hybridized carbons (Fsp3) is 0.556. The van der Waals surface area contributed by atoms with Gasteiger partial charge in [-0.3, -0.25) is 9.53 Å². The molecule has 2 aliphatic rings. The number of nitrogens with one attached hydrogen (secondary N) is 1. The van der Waals surface area contributed by atoms with Gasteiger partial charge in [0.1, 0.15) is 11.3 Å². The van der Waals surface area contributed by atoms with Crippen molar-refractivity contribution in [2.45, 2.75) is 19.3 Å². The molecule has 0 bridgehead atoms. The molecule has 0 spiro atoms. The molecule has 2 fully saturated rings. The van der Waals surface area contributed by atoms with E-state index < -0.39 is 10.8 Å². The van der Waals surface area contributed by atoms with Crippen molar-refractivity contribution in [3.63, 3.8) is 0 Å². The summed E-state index contributed by atoms with van der Waals surface area (Å²) in [6, 6.07) is 3.87. The summed E-state index contributed by atoms with van der Waals surface area (Å²) in [4.78, 5) is 21.3. The maximum Gasteiger partial charge on any atom is 0.323 e. The first kappa shape index (κ1) is 21.1. The Morgan fingerprint density at radius 2 is 1.89 bits per heavy atom. The number of rotatable bonds is 3. The summed E-state index contributed by atoms with van der Waals surface area (Å²) in [5.74, 6) is 1.80. The second-order valence-corrected chi connectivity index (χ2v) is 9.49. The van der Waals surface area contributed by atoms with Crippen molar-refractivity contribution in [1.29, 1.82) is 0 Å². The van der Waals surface area contributed by atoms with Crippen molar-refractivity contribution < 1.29 is 13.7 Å². The van der Waals surface area contributed by atoms with Crippen LogP contribution >= 0.6 is 23.7 Å². The third kappa shape index (κ3) is 4.36. The van der Waals surface area contributed by atoms with Gasteiger partial charge in [-0.15, -0.1) is 12.4 Å². The fourth-order valence-electron chi connectivity index (χ4n) is 3.58. The first-order chi connectivity index (χ1) is 13.2. The lowest BCUT2D eigenvalue weighted by molar-refractivity contribution is 0.216. The largest absolute Gasteiger partial charge is 0.494 e. The van der Waals surface area contributed by atoms with Gasteiger partial charge in [0, 0.05) is 48.5 Å². The summed E-state index contributed by atoms with van der Waals surface area (Å²) < 4.78 is 18.0. The number of carbonyl (C=O) groups excluding carboxylic acids is 1. The molecule has 0 saturated carbocycles. The smallest absolute Gasteiger partial charge is 0.323 e. The first-order valence-electron chi connectivity index (χ1n) is 9.29. The van der Waals surface area contributed by atoms with E-state index in [1.54, 1.807) is 12.0 Å². The lowest BCUT2D eigenvalue weighted by atomic mass is 10.1. The van der Waals surface area contributed by atoms with Crippen LogP contribution in [0.25, 0.3) is 10.2 Å². The van der Waals surface area contributed by atoms with E-state index in [-0.39, 0.29) is 18.4 Å². The van der Waals surface area contributed by atoms with Crippen LogP contribution in [0.1, 0.15) is 19.3 Å². The van der Waals surface area contributed by atoms with Gasteiger partial charge in [0.2, 0.25) is 0 Å². The van der Waals surface area contributed by atoms with Crippen molar-refractivity contribution in [2.24, 2.45) is 0 Å². The highest BCUT2D eigenvalue weighted by Crippen LogP contribution is 2.40. The topological polar surface area (TPSA) is 74.8 Å².